The monoisotopic (exact) mass is 685 g/mol. The summed E-state index contributed by atoms with van der Waals surface area (Å²) < 4.78 is 2.60. The van der Waals surface area contributed by atoms with Crippen molar-refractivity contribution in [3.8, 4) is 11.1 Å². The molecule has 0 saturated carbocycles. The molecule has 0 saturated heterocycles. The van der Waals surface area contributed by atoms with Crippen LogP contribution in [0.25, 0.3) is 31.3 Å². The van der Waals surface area contributed by atoms with Crippen molar-refractivity contribution in [3.05, 3.63) is 212 Å². The molecule has 0 fully saturated rings. The van der Waals surface area contributed by atoms with Crippen LogP contribution in [-0.2, 0) is 0 Å². The third-order valence-electron chi connectivity index (χ3n) is 10.0. The molecular weight excluding hydrogens is 651 g/mol. The molecule has 1 aromatic heterocycles. The smallest absolute Gasteiger partial charge is 0.179 e. The third-order valence-corrected chi connectivity index (χ3v) is 16.1. The van der Waals surface area contributed by atoms with Gasteiger partial charge in [0.15, 0.2) is 8.07 Å². The van der Waals surface area contributed by atoms with Gasteiger partial charge in [0.2, 0.25) is 0 Å². The van der Waals surface area contributed by atoms with Crippen LogP contribution in [0.5, 0.6) is 0 Å². The summed E-state index contributed by atoms with van der Waals surface area (Å²) in [5.74, 6) is 0. The molecular formula is C48H35NSSi. The van der Waals surface area contributed by atoms with Gasteiger partial charge in [-0.2, -0.15) is 0 Å². The lowest BCUT2D eigenvalue weighted by Gasteiger charge is -2.35. The van der Waals surface area contributed by atoms with Gasteiger partial charge in [-0.25, -0.2) is 0 Å². The fourth-order valence-corrected chi connectivity index (χ4v) is 13.9. The van der Waals surface area contributed by atoms with Crippen LogP contribution in [-0.4, -0.2) is 8.07 Å². The summed E-state index contributed by atoms with van der Waals surface area (Å²) >= 11 is 1.89. The first-order valence-corrected chi connectivity index (χ1v) is 20.3. The van der Waals surface area contributed by atoms with Crippen molar-refractivity contribution in [2.45, 2.75) is 0 Å². The van der Waals surface area contributed by atoms with E-state index in [1.54, 1.807) is 0 Å². The molecule has 9 aromatic rings. The molecule has 0 N–H and O–H groups in total. The van der Waals surface area contributed by atoms with E-state index < -0.39 is 8.07 Å². The minimum Gasteiger partial charge on any atom is -0.309 e. The number of para-hydroxylation sites is 1. The Morgan fingerprint density at radius 3 is 1.39 bits per heavy atom. The topological polar surface area (TPSA) is 3.24 Å². The number of thiophene rings is 1. The van der Waals surface area contributed by atoms with Gasteiger partial charge in [0.1, 0.15) is 0 Å². The Morgan fingerprint density at radius 1 is 0.353 bits per heavy atom. The summed E-state index contributed by atoms with van der Waals surface area (Å²) in [6, 6.07) is 78.0. The van der Waals surface area contributed by atoms with Crippen LogP contribution in [0.15, 0.2) is 212 Å². The Morgan fingerprint density at radius 2 is 0.804 bits per heavy atom. The highest BCUT2D eigenvalue weighted by molar-refractivity contribution is 7.27. The van der Waals surface area contributed by atoms with Crippen molar-refractivity contribution in [2.75, 3.05) is 4.90 Å². The average Bonchev–Trinajstić information content (AvgIpc) is 3.60. The van der Waals surface area contributed by atoms with Crippen LogP contribution in [0, 0.1) is 0 Å². The highest BCUT2D eigenvalue weighted by Gasteiger charge is 2.41. The second kappa shape index (κ2) is 13.4. The van der Waals surface area contributed by atoms with E-state index in [0.29, 0.717) is 0 Å². The van der Waals surface area contributed by atoms with Crippen molar-refractivity contribution in [2.24, 2.45) is 0 Å². The lowest BCUT2D eigenvalue weighted by molar-refractivity contribution is 1.30. The standard InChI is InChI=1S/C48H35NSSi/c1-6-19-36(20-7-1)43-31-17-32-44-45-33-18-34-46(48(45)50-47(43)44)49(37-21-8-2-9-22-37)38-23-16-30-42(35-38)51(39-24-10-3-11-25-39,40-26-12-4-13-27-40)41-28-14-5-15-29-41/h1-35H. The van der Waals surface area contributed by atoms with Crippen LogP contribution in [0.3, 0.4) is 0 Å². The van der Waals surface area contributed by atoms with Gasteiger partial charge in [-0.1, -0.05) is 182 Å². The summed E-state index contributed by atoms with van der Waals surface area (Å²) in [6.45, 7) is 0. The first-order valence-electron chi connectivity index (χ1n) is 17.4. The van der Waals surface area contributed by atoms with Crippen LogP contribution in [0.2, 0.25) is 0 Å². The third kappa shape index (κ3) is 5.39. The number of hydrogen-bond donors (Lipinski definition) is 0. The molecule has 8 aromatic carbocycles. The van der Waals surface area contributed by atoms with E-state index in [9.17, 15) is 0 Å². The number of hydrogen-bond acceptors (Lipinski definition) is 2. The highest BCUT2D eigenvalue weighted by Crippen LogP contribution is 2.46. The molecule has 0 aliphatic rings. The van der Waals surface area contributed by atoms with E-state index in [0.717, 1.165) is 11.4 Å². The van der Waals surface area contributed by atoms with Gasteiger partial charge in [0.05, 0.1) is 10.4 Å². The largest absolute Gasteiger partial charge is 0.309 e. The number of anilines is 3. The van der Waals surface area contributed by atoms with Crippen molar-refractivity contribution in [3.63, 3.8) is 0 Å². The first kappa shape index (κ1) is 31.0. The van der Waals surface area contributed by atoms with Gasteiger partial charge >= 0.3 is 0 Å². The molecule has 0 bridgehead atoms. The maximum atomic E-state index is 2.47. The fraction of sp³-hybridized carbons (Fsp3) is 0. The van der Waals surface area contributed by atoms with Gasteiger partial charge in [-0.05, 0) is 62.2 Å². The Hall–Kier alpha value is -6.00. The zero-order valence-electron chi connectivity index (χ0n) is 28.1. The second-order valence-electron chi connectivity index (χ2n) is 12.9. The lowest BCUT2D eigenvalue weighted by atomic mass is 10.0. The minimum absolute atomic E-state index is 1.13. The lowest BCUT2D eigenvalue weighted by Crippen LogP contribution is -2.74. The maximum Gasteiger partial charge on any atom is 0.179 e. The summed E-state index contributed by atoms with van der Waals surface area (Å²) in [4.78, 5) is 2.46. The maximum absolute atomic E-state index is 2.73. The number of rotatable bonds is 8. The zero-order chi connectivity index (χ0) is 34.0. The van der Waals surface area contributed by atoms with Crippen LogP contribution < -0.4 is 25.6 Å². The fourth-order valence-electron chi connectivity index (χ4n) is 7.77. The van der Waals surface area contributed by atoms with Crippen molar-refractivity contribution < 1.29 is 0 Å². The Bertz CT molecular complexity index is 2470. The van der Waals surface area contributed by atoms with Gasteiger partial charge in [-0.15, -0.1) is 11.3 Å². The summed E-state index contributed by atoms with van der Waals surface area (Å²) in [7, 11) is -2.73. The minimum atomic E-state index is -2.73. The average molecular weight is 686 g/mol. The predicted octanol–water partition coefficient (Wildman–Crippen LogP) is 10.6. The van der Waals surface area contributed by atoms with E-state index in [2.05, 4.69) is 217 Å². The van der Waals surface area contributed by atoms with E-state index in [-0.39, 0.29) is 0 Å². The molecule has 0 radical (unpaired) electrons. The summed E-state index contributed by atoms with van der Waals surface area (Å²) in [5.41, 5.74) is 5.98. The highest BCUT2D eigenvalue weighted by atomic mass is 32.1. The van der Waals surface area contributed by atoms with Crippen LogP contribution in [0.4, 0.5) is 17.1 Å². The molecule has 0 unspecified atom stereocenters. The van der Waals surface area contributed by atoms with Gasteiger partial charge < -0.3 is 4.90 Å². The normalized spacial score (nSPS) is 11.5. The SMILES string of the molecule is c1ccc(-c2cccc3c2sc2c(N(c4ccccc4)c4cccc([Si](c5ccccc5)(c5ccccc5)c5ccccc5)c4)cccc23)cc1. The molecule has 1 nitrogen and oxygen atoms in total. The number of fused-ring (bicyclic) bond motifs is 3. The van der Waals surface area contributed by atoms with Gasteiger partial charge in [0, 0.05) is 26.8 Å². The molecule has 0 aliphatic carbocycles. The molecule has 0 spiro atoms. The van der Waals surface area contributed by atoms with Crippen molar-refractivity contribution in [1.82, 2.24) is 0 Å². The van der Waals surface area contributed by atoms with Gasteiger partial charge in [0.25, 0.3) is 0 Å². The molecule has 0 aliphatic heterocycles. The molecule has 0 amide bonds. The number of nitrogens with zero attached hydrogens (tertiary/aromatic N) is 1. The van der Waals surface area contributed by atoms with Crippen LogP contribution >= 0.6 is 11.3 Å². The summed E-state index contributed by atoms with van der Waals surface area (Å²) in [5, 5.41) is 8.02. The molecule has 0 atom stereocenters. The predicted molar refractivity (Wildman–Crippen MR) is 223 cm³/mol. The first-order chi connectivity index (χ1) is 25.3. The van der Waals surface area contributed by atoms with Gasteiger partial charge in [-0.3, -0.25) is 0 Å². The Kier molecular flexibility index (Phi) is 8.13. The molecule has 9 rings (SSSR count). The quantitative estimate of drug-likeness (QED) is 0.114. The molecule has 51 heavy (non-hydrogen) atoms. The molecule has 242 valence electrons. The Labute approximate surface area is 304 Å². The van der Waals surface area contributed by atoms with E-state index in [4.69, 9.17) is 0 Å². The zero-order valence-corrected chi connectivity index (χ0v) is 29.9. The van der Waals surface area contributed by atoms with Crippen LogP contribution in [0.1, 0.15) is 0 Å². The summed E-state index contributed by atoms with van der Waals surface area (Å²) in [6.07, 6.45) is 0. The molecule has 1 heterocycles. The van der Waals surface area contributed by atoms with Crippen molar-refractivity contribution in [1.29, 1.82) is 0 Å². The molecule has 3 heteroatoms. The number of benzene rings is 8. The van der Waals surface area contributed by atoms with E-state index in [1.165, 1.54) is 57.7 Å². The van der Waals surface area contributed by atoms with Crippen molar-refractivity contribution >= 4 is 77.4 Å². The second-order valence-corrected chi connectivity index (χ2v) is 17.7. The Balaban J connectivity index is 1.31. The van der Waals surface area contributed by atoms with E-state index in [1.807, 2.05) is 11.3 Å². The van der Waals surface area contributed by atoms with E-state index >= 15 is 0 Å².